The van der Waals surface area contributed by atoms with Gasteiger partial charge in [0.15, 0.2) is 12.6 Å². The molecule has 18 atom stereocenters. The number of rotatable bonds is 14. The minimum absolute atomic E-state index is 0.0261. The minimum atomic E-state index is -4.64. The first-order valence-electron chi connectivity index (χ1n) is 24.5. The largest absolute Gasteiger partial charge is 0.459 e. The van der Waals surface area contributed by atoms with Crippen molar-refractivity contribution < 1.29 is 80.3 Å². The highest BCUT2D eigenvalue weighted by Crippen LogP contribution is 2.43. The normalized spacial score (nSPS) is 41.4. The van der Waals surface area contributed by atoms with Gasteiger partial charge in [-0.2, -0.15) is 25.9 Å². The molecule has 0 amide bonds. The summed E-state index contributed by atoms with van der Waals surface area (Å²) in [5, 5.41) is 63.8. The lowest BCUT2D eigenvalue weighted by Crippen LogP contribution is -2.70. The van der Waals surface area contributed by atoms with Crippen molar-refractivity contribution in [3.63, 3.8) is 0 Å². The fourth-order valence-corrected chi connectivity index (χ4v) is 11.7. The first kappa shape index (κ1) is 60.3. The van der Waals surface area contributed by atoms with E-state index in [4.69, 9.17) is 28.4 Å². The third-order valence-corrected chi connectivity index (χ3v) is 16.7. The quantitative estimate of drug-likeness (QED) is 0.103. The molecule has 406 valence electrons. The maximum Gasteiger partial charge on any atom is 0.416 e. The number of ether oxygens (including phenoxy) is 6. The molecule has 0 aliphatic carbocycles. The summed E-state index contributed by atoms with van der Waals surface area (Å²) in [6.45, 7) is 19.6. The van der Waals surface area contributed by atoms with E-state index in [1.165, 1.54) is 28.0 Å². The molecule has 1 aromatic rings. The van der Waals surface area contributed by atoms with E-state index in [2.05, 4.69) is 10.0 Å². The number of likely N-dealkylation sites (N-methyl/N-ethyl adjacent to an activating group) is 2. The molecule has 3 heterocycles. The molecule has 22 heteroatoms. The van der Waals surface area contributed by atoms with E-state index >= 15 is 0 Å². The van der Waals surface area contributed by atoms with Crippen LogP contribution in [0.2, 0.25) is 0 Å². The van der Waals surface area contributed by atoms with Crippen LogP contribution in [0, 0.1) is 17.8 Å². The SMILES string of the molecule is CCCNC[C@]1(O)[C@H](C)O[C@@H](OC2C(C)C(=O)OC(CC)C(C)(O)C(O)C(C)N(C)CC(C)CC(C)(O)C(O[C@@H]3O[C@H](C)C[C@H](N(C)S(=O)(=O)Nc4ccc(C(F)(F)F)cc4)[C@H]3O)C2C)C[C@@]1(C)OC. The number of aliphatic hydroxyl groups excluding tert-OH is 2. The molecule has 10 unspecified atom stereocenters. The summed E-state index contributed by atoms with van der Waals surface area (Å²) in [4.78, 5) is 16.4. The standard InChI is InChI=1S/C48H83F3N4O14S/c1-15-21-52-26-47(61)32(8)66-37(24-45(47,10)64-14)68-39-29(5)41(44(9,59)23-27(3)25-54(12)31(7)40(57)46(11,60)36(16-2)67-42(58)30(39)6)69-43-38(56)35(22-28(4)65-43)55(13)70(62,63)53-34-19-17-33(18-20-34)48(49,50)51/h17-20,27-32,35-41,43,52-53,56-57,59-61H,15-16,21-26H2,1-14H3/t27?,28-,29?,30?,31?,32+,35+,36?,37+,38-,39?,40?,41?,43+,44?,45-,46?,47+/m1/s1. The molecule has 0 aromatic heterocycles. The molecular formula is C48H83F3N4O14S. The Bertz CT molecular complexity index is 1950. The number of esters is 1. The van der Waals surface area contributed by atoms with Crippen molar-refractivity contribution in [1.82, 2.24) is 14.5 Å². The van der Waals surface area contributed by atoms with Crippen LogP contribution < -0.4 is 10.0 Å². The summed E-state index contributed by atoms with van der Waals surface area (Å²) in [6, 6.07) is 1.54. The third kappa shape index (κ3) is 13.5. The molecular weight excluding hydrogens is 946 g/mol. The number of carbonyl (C=O) groups excluding carboxylic acids is 1. The number of carbonyl (C=O) groups is 1. The Kier molecular flexibility index (Phi) is 20.2. The summed E-state index contributed by atoms with van der Waals surface area (Å²) < 4.78 is 109. The molecule has 70 heavy (non-hydrogen) atoms. The van der Waals surface area contributed by atoms with Crippen LogP contribution in [0.5, 0.6) is 0 Å². The van der Waals surface area contributed by atoms with Crippen LogP contribution in [0.15, 0.2) is 24.3 Å². The van der Waals surface area contributed by atoms with Crippen LogP contribution in [0.4, 0.5) is 18.9 Å². The third-order valence-electron chi connectivity index (χ3n) is 15.1. The number of anilines is 1. The summed E-state index contributed by atoms with van der Waals surface area (Å²) in [7, 11) is -0.100. The van der Waals surface area contributed by atoms with Crippen molar-refractivity contribution >= 4 is 21.9 Å². The molecule has 1 aromatic carbocycles. The van der Waals surface area contributed by atoms with Gasteiger partial charge in [-0.15, -0.1) is 0 Å². The molecule has 18 nitrogen and oxygen atoms in total. The first-order valence-corrected chi connectivity index (χ1v) is 25.9. The molecule has 3 fully saturated rings. The molecule has 3 aliphatic rings. The van der Waals surface area contributed by atoms with E-state index < -0.39 is 130 Å². The van der Waals surface area contributed by atoms with Crippen molar-refractivity contribution in [3.8, 4) is 0 Å². The molecule has 0 bridgehead atoms. The lowest BCUT2D eigenvalue weighted by molar-refractivity contribution is -0.336. The van der Waals surface area contributed by atoms with Gasteiger partial charge in [-0.05, 0) is 118 Å². The van der Waals surface area contributed by atoms with Crippen LogP contribution in [-0.4, -0.2) is 180 Å². The Morgan fingerprint density at radius 2 is 1.57 bits per heavy atom. The average molecular weight is 1030 g/mol. The number of nitrogens with zero attached hydrogens (tertiary/aromatic N) is 2. The van der Waals surface area contributed by atoms with Gasteiger partial charge in [-0.3, -0.25) is 9.52 Å². The average Bonchev–Trinajstić information content (AvgIpc) is 3.27. The second kappa shape index (κ2) is 23.5. The smallest absolute Gasteiger partial charge is 0.416 e. The zero-order valence-corrected chi connectivity index (χ0v) is 44.2. The zero-order chi connectivity index (χ0) is 53.1. The zero-order valence-electron chi connectivity index (χ0n) is 43.4. The van der Waals surface area contributed by atoms with Crippen LogP contribution in [0.25, 0.3) is 0 Å². The second-order valence-corrected chi connectivity index (χ2v) is 22.6. The molecule has 3 aliphatic heterocycles. The van der Waals surface area contributed by atoms with Gasteiger partial charge in [0, 0.05) is 51.3 Å². The number of hydrogen-bond donors (Lipinski definition) is 7. The number of cyclic esters (lactones) is 1. The summed E-state index contributed by atoms with van der Waals surface area (Å²) in [5.74, 6) is -3.39. The van der Waals surface area contributed by atoms with Gasteiger partial charge in [0.1, 0.15) is 35.1 Å². The van der Waals surface area contributed by atoms with E-state index in [0.717, 1.165) is 35.0 Å². The lowest BCUT2D eigenvalue weighted by atomic mass is 9.75. The van der Waals surface area contributed by atoms with E-state index in [9.17, 15) is 51.9 Å². The Labute approximate surface area is 413 Å². The Morgan fingerprint density at radius 1 is 0.957 bits per heavy atom. The fourth-order valence-electron chi connectivity index (χ4n) is 10.6. The van der Waals surface area contributed by atoms with Crippen LogP contribution in [0.1, 0.15) is 114 Å². The van der Waals surface area contributed by atoms with Gasteiger partial charge < -0.3 is 64.2 Å². The van der Waals surface area contributed by atoms with Gasteiger partial charge in [0.2, 0.25) is 0 Å². The van der Waals surface area contributed by atoms with Gasteiger partial charge >= 0.3 is 22.4 Å². The van der Waals surface area contributed by atoms with E-state index in [0.29, 0.717) is 13.1 Å². The molecule has 4 rings (SSSR count). The Morgan fingerprint density at radius 3 is 2.13 bits per heavy atom. The van der Waals surface area contributed by atoms with Crippen molar-refractivity contribution in [3.05, 3.63) is 29.8 Å². The van der Waals surface area contributed by atoms with Crippen LogP contribution in [-0.2, 0) is 49.6 Å². The molecule has 7 N–H and O–H groups in total. The first-order chi connectivity index (χ1) is 32.2. The number of nitrogens with one attached hydrogen (secondary N) is 2. The van der Waals surface area contributed by atoms with E-state index in [-0.39, 0.29) is 43.8 Å². The van der Waals surface area contributed by atoms with E-state index in [1.807, 2.05) is 18.7 Å². The van der Waals surface area contributed by atoms with Gasteiger partial charge in [0.05, 0.1) is 47.5 Å². The predicted octanol–water partition coefficient (Wildman–Crippen LogP) is 4.02. The van der Waals surface area contributed by atoms with Gasteiger partial charge in [-0.1, -0.05) is 27.7 Å². The molecule has 0 spiro atoms. The number of halogens is 3. The number of alkyl halides is 3. The highest BCUT2D eigenvalue weighted by Gasteiger charge is 2.58. The van der Waals surface area contributed by atoms with Crippen molar-refractivity contribution in [2.24, 2.45) is 17.8 Å². The van der Waals surface area contributed by atoms with Crippen molar-refractivity contribution in [2.75, 3.05) is 45.6 Å². The monoisotopic (exact) mass is 1030 g/mol. The maximum absolute atomic E-state index is 14.6. The highest BCUT2D eigenvalue weighted by molar-refractivity contribution is 7.90. The van der Waals surface area contributed by atoms with Crippen LogP contribution in [0.3, 0.4) is 0 Å². The number of benzene rings is 1. The van der Waals surface area contributed by atoms with Gasteiger partial charge in [-0.25, -0.2) is 0 Å². The van der Waals surface area contributed by atoms with E-state index in [1.54, 1.807) is 55.5 Å². The number of aliphatic hydroxyl groups is 5. The van der Waals surface area contributed by atoms with Crippen LogP contribution >= 0.6 is 0 Å². The molecule has 0 radical (unpaired) electrons. The summed E-state index contributed by atoms with van der Waals surface area (Å²) >= 11 is 0. The Balaban J connectivity index is 1.81. The fraction of sp³-hybridized carbons (Fsp3) is 0.854. The van der Waals surface area contributed by atoms with Crippen molar-refractivity contribution in [1.29, 1.82) is 0 Å². The van der Waals surface area contributed by atoms with Crippen molar-refractivity contribution in [2.45, 2.75) is 204 Å². The number of hydrogen-bond acceptors (Lipinski definition) is 16. The highest BCUT2D eigenvalue weighted by atomic mass is 32.2. The molecule has 0 saturated carbocycles. The number of methoxy groups -OCH3 is 1. The maximum atomic E-state index is 14.6. The molecule has 3 saturated heterocycles. The second-order valence-electron chi connectivity index (χ2n) is 20.9. The summed E-state index contributed by atoms with van der Waals surface area (Å²) in [6.07, 6.45) is -15.1. The predicted molar refractivity (Wildman–Crippen MR) is 254 cm³/mol. The van der Waals surface area contributed by atoms with Gasteiger partial charge in [0.25, 0.3) is 0 Å². The summed E-state index contributed by atoms with van der Waals surface area (Å²) in [5.41, 5.74) is -7.68. The Hall–Kier alpha value is -2.29. The minimum Gasteiger partial charge on any atom is -0.459 e. The topological polar surface area (TPSA) is 238 Å². The lowest BCUT2D eigenvalue weighted by Gasteiger charge is -2.53.